The quantitative estimate of drug-likeness (QED) is 0.840. The number of hydrogen-bond acceptors (Lipinski definition) is 3. The van der Waals surface area contributed by atoms with Gasteiger partial charge in [-0.2, -0.15) is 0 Å². The summed E-state index contributed by atoms with van der Waals surface area (Å²) in [5.41, 5.74) is 7.13. The van der Waals surface area contributed by atoms with E-state index in [0.717, 1.165) is 23.4 Å². The molecule has 3 rings (SSSR count). The third-order valence-corrected chi connectivity index (χ3v) is 3.93. The Balaban J connectivity index is 0.00000208. The van der Waals surface area contributed by atoms with Gasteiger partial charge in [0, 0.05) is 18.2 Å². The van der Waals surface area contributed by atoms with Crippen molar-refractivity contribution in [2.45, 2.75) is 12.3 Å². The van der Waals surface area contributed by atoms with Crippen LogP contribution in [-0.4, -0.2) is 19.1 Å². The van der Waals surface area contributed by atoms with Crippen LogP contribution in [0.1, 0.15) is 17.9 Å². The average Bonchev–Trinajstić information content (AvgIpc) is 3.36. The van der Waals surface area contributed by atoms with E-state index in [1.165, 1.54) is 12.1 Å². The summed E-state index contributed by atoms with van der Waals surface area (Å²) >= 11 is 0. The highest BCUT2D eigenvalue weighted by molar-refractivity contribution is 5.95. The third kappa shape index (κ3) is 4.46. The summed E-state index contributed by atoms with van der Waals surface area (Å²) in [4.78, 5) is 12.2. The molecule has 1 aliphatic rings. The molecule has 0 aliphatic heterocycles. The maximum atomic E-state index is 12.9. The molecule has 1 amide bonds. The van der Waals surface area contributed by atoms with Crippen LogP contribution in [0.5, 0.6) is 5.75 Å². The van der Waals surface area contributed by atoms with Crippen LogP contribution >= 0.6 is 12.4 Å². The van der Waals surface area contributed by atoms with Crippen molar-refractivity contribution in [1.82, 2.24) is 0 Å². The lowest BCUT2D eigenvalue weighted by atomic mass is 10.1. The average molecular weight is 351 g/mol. The number of anilines is 1. The van der Waals surface area contributed by atoms with Gasteiger partial charge < -0.3 is 15.8 Å². The maximum absolute atomic E-state index is 12.9. The Bertz CT molecular complexity index is 676. The van der Waals surface area contributed by atoms with E-state index in [4.69, 9.17) is 10.5 Å². The molecule has 1 aliphatic carbocycles. The van der Waals surface area contributed by atoms with Crippen LogP contribution < -0.4 is 15.8 Å². The van der Waals surface area contributed by atoms with Crippen LogP contribution in [-0.2, 0) is 4.79 Å². The van der Waals surface area contributed by atoms with Crippen LogP contribution in [0.25, 0.3) is 0 Å². The van der Waals surface area contributed by atoms with Crippen molar-refractivity contribution in [1.29, 1.82) is 0 Å². The molecule has 0 spiro atoms. The number of rotatable bonds is 6. The first-order chi connectivity index (χ1) is 11.2. The molecule has 3 N–H and O–H groups in total. The molecular formula is C18H20ClFN2O2. The Morgan fingerprint density at radius 3 is 2.46 bits per heavy atom. The van der Waals surface area contributed by atoms with Crippen molar-refractivity contribution in [2.24, 2.45) is 11.7 Å². The van der Waals surface area contributed by atoms with Gasteiger partial charge in [0.05, 0.1) is 0 Å². The molecule has 2 aromatic rings. The number of nitrogens with two attached hydrogens (primary N) is 1. The fraction of sp³-hybridized carbons (Fsp3) is 0.278. The van der Waals surface area contributed by atoms with Gasteiger partial charge in [-0.15, -0.1) is 12.4 Å². The predicted molar refractivity (Wildman–Crippen MR) is 94.1 cm³/mol. The Hall–Kier alpha value is -2.11. The number of nitrogens with one attached hydrogen (secondary N) is 1. The van der Waals surface area contributed by atoms with Crippen molar-refractivity contribution < 1.29 is 13.9 Å². The van der Waals surface area contributed by atoms with Crippen LogP contribution in [0.15, 0.2) is 48.5 Å². The van der Waals surface area contributed by atoms with Gasteiger partial charge in [0.1, 0.15) is 18.2 Å². The van der Waals surface area contributed by atoms with Gasteiger partial charge in [-0.1, -0.05) is 12.1 Å². The van der Waals surface area contributed by atoms with Gasteiger partial charge in [-0.05, 0) is 54.3 Å². The van der Waals surface area contributed by atoms with Gasteiger partial charge >= 0.3 is 0 Å². The zero-order valence-electron chi connectivity index (χ0n) is 13.1. The van der Waals surface area contributed by atoms with E-state index in [0.29, 0.717) is 13.2 Å². The number of carbonyl (C=O) groups excluding carboxylic acids is 1. The Morgan fingerprint density at radius 2 is 1.83 bits per heavy atom. The zero-order chi connectivity index (χ0) is 16.2. The van der Waals surface area contributed by atoms with E-state index in [1.54, 1.807) is 36.4 Å². The minimum Gasteiger partial charge on any atom is -0.492 e. The lowest BCUT2D eigenvalue weighted by Crippen LogP contribution is -2.14. The van der Waals surface area contributed by atoms with Crippen LogP contribution in [0, 0.1) is 11.7 Å². The van der Waals surface area contributed by atoms with E-state index in [2.05, 4.69) is 5.32 Å². The van der Waals surface area contributed by atoms with Crippen LogP contribution in [0.2, 0.25) is 0 Å². The largest absolute Gasteiger partial charge is 0.492 e. The molecule has 2 aromatic carbocycles. The van der Waals surface area contributed by atoms with Crippen molar-refractivity contribution in [3.8, 4) is 5.75 Å². The van der Waals surface area contributed by atoms with Gasteiger partial charge in [-0.25, -0.2) is 4.39 Å². The molecule has 2 unspecified atom stereocenters. The molecule has 0 aromatic heterocycles. The van der Waals surface area contributed by atoms with Crippen LogP contribution in [0.4, 0.5) is 10.1 Å². The number of ether oxygens (including phenoxy) is 1. The zero-order valence-corrected chi connectivity index (χ0v) is 13.9. The molecule has 0 heterocycles. The molecule has 24 heavy (non-hydrogen) atoms. The number of amides is 1. The first-order valence-corrected chi connectivity index (χ1v) is 7.66. The van der Waals surface area contributed by atoms with Crippen molar-refractivity contribution >= 4 is 24.0 Å². The fourth-order valence-corrected chi connectivity index (χ4v) is 2.61. The molecule has 0 bridgehead atoms. The summed E-state index contributed by atoms with van der Waals surface area (Å²) in [6.45, 7) is 0.929. The summed E-state index contributed by atoms with van der Waals surface area (Å²) in [5, 5.41) is 2.91. The number of hydrogen-bond donors (Lipinski definition) is 2. The van der Waals surface area contributed by atoms with E-state index >= 15 is 0 Å². The number of carbonyl (C=O) groups is 1. The van der Waals surface area contributed by atoms with Gasteiger partial charge in [-0.3, -0.25) is 4.79 Å². The van der Waals surface area contributed by atoms with E-state index < -0.39 is 0 Å². The SMILES string of the molecule is Cl.NCCOc1ccc(NC(=O)C2CC2c2ccc(F)cc2)cc1. The molecule has 128 valence electrons. The number of benzene rings is 2. The smallest absolute Gasteiger partial charge is 0.228 e. The molecule has 0 radical (unpaired) electrons. The molecule has 1 saturated carbocycles. The molecule has 0 saturated heterocycles. The minimum atomic E-state index is -0.257. The topological polar surface area (TPSA) is 64.3 Å². The molecule has 2 atom stereocenters. The van der Waals surface area contributed by atoms with Gasteiger partial charge in [0.25, 0.3) is 0 Å². The molecule has 6 heteroatoms. The Labute approximate surface area is 146 Å². The molecular weight excluding hydrogens is 331 g/mol. The third-order valence-electron chi connectivity index (χ3n) is 3.93. The highest BCUT2D eigenvalue weighted by Crippen LogP contribution is 2.48. The fourth-order valence-electron chi connectivity index (χ4n) is 2.61. The van der Waals surface area contributed by atoms with Gasteiger partial charge in [0.2, 0.25) is 5.91 Å². The second kappa shape index (κ2) is 8.13. The minimum absolute atomic E-state index is 0. The van der Waals surface area contributed by atoms with Crippen molar-refractivity contribution in [2.75, 3.05) is 18.5 Å². The predicted octanol–water partition coefficient (Wildman–Crippen LogP) is 3.33. The lowest BCUT2D eigenvalue weighted by molar-refractivity contribution is -0.117. The normalized spacial score (nSPS) is 18.4. The van der Waals surface area contributed by atoms with Gasteiger partial charge in [0.15, 0.2) is 0 Å². The Kier molecular flexibility index (Phi) is 6.17. The van der Waals surface area contributed by atoms with Crippen LogP contribution in [0.3, 0.4) is 0 Å². The molecule has 4 nitrogen and oxygen atoms in total. The summed E-state index contributed by atoms with van der Waals surface area (Å²) in [6.07, 6.45) is 0.801. The van der Waals surface area contributed by atoms with E-state index in [9.17, 15) is 9.18 Å². The lowest BCUT2D eigenvalue weighted by Gasteiger charge is -2.07. The summed E-state index contributed by atoms with van der Waals surface area (Å²) in [6, 6.07) is 13.6. The Morgan fingerprint density at radius 1 is 1.17 bits per heavy atom. The van der Waals surface area contributed by atoms with E-state index in [1.807, 2.05) is 0 Å². The summed E-state index contributed by atoms with van der Waals surface area (Å²) in [5.74, 6) is 0.600. The van der Waals surface area contributed by atoms with Crippen molar-refractivity contribution in [3.05, 3.63) is 59.9 Å². The summed E-state index contributed by atoms with van der Waals surface area (Å²) in [7, 11) is 0. The second-order valence-electron chi connectivity index (χ2n) is 5.65. The first kappa shape index (κ1) is 18.2. The summed E-state index contributed by atoms with van der Waals surface area (Å²) < 4.78 is 18.3. The molecule has 1 fully saturated rings. The highest BCUT2D eigenvalue weighted by atomic mass is 35.5. The maximum Gasteiger partial charge on any atom is 0.228 e. The highest BCUT2D eigenvalue weighted by Gasteiger charge is 2.43. The standard InChI is InChI=1S/C18H19FN2O2.ClH/c19-13-3-1-12(2-4-13)16-11-17(16)18(22)21-14-5-7-15(8-6-14)23-10-9-20;/h1-8,16-17H,9-11,20H2,(H,21,22);1H. The van der Waals surface area contributed by atoms with E-state index in [-0.39, 0.29) is 36.0 Å². The number of halogens is 2. The second-order valence-corrected chi connectivity index (χ2v) is 5.65. The monoisotopic (exact) mass is 350 g/mol. The van der Waals surface area contributed by atoms with Crippen molar-refractivity contribution in [3.63, 3.8) is 0 Å². The first-order valence-electron chi connectivity index (χ1n) is 7.66.